The molecule has 1 aromatic carbocycles. The van der Waals surface area contributed by atoms with E-state index in [-0.39, 0.29) is 5.91 Å². The van der Waals surface area contributed by atoms with Gasteiger partial charge in [-0.05, 0) is 56.6 Å². The number of aryl methyl sites for hydroxylation is 1. The van der Waals surface area contributed by atoms with E-state index in [2.05, 4.69) is 26.6 Å². The topological polar surface area (TPSA) is 50.4 Å². The zero-order valence-electron chi connectivity index (χ0n) is 11.7. The van der Waals surface area contributed by atoms with E-state index in [1.807, 2.05) is 25.1 Å². The Hall–Kier alpha value is -0.910. The predicted octanol–water partition coefficient (Wildman–Crippen LogP) is 2.85. The Morgan fingerprint density at radius 2 is 2.15 bits per heavy atom. The van der Waals surface area contributed by atoms with Gasteiger partial charge >= 0.3 is 0 Å². The molecule has 1 saturated heterocycles. The predicted molar refractivity (Wildman–Crippen MR) is 84.0 cm³/mol. The van der Waals surface area contributed by atoms with Crippen LogP contribution in [-0.4, -0.2) is 31.7 Å². The second-order valence-corrected chi connectivity index (χ2v) is 6.05. The third-order valence-electron chi connectivity index (χ3n) is 3.29. The fourth-order valence-corrected chi connectivity index (χ4v) is 2.92. The highest BCUT2D eigenvalue weighted by Gasteiger charge is 2.13. The van der Waals surface area contributed by atoms with Crippen molar-refractivity contribution in [1.82, 2.24) is 5.32 Å². The molecule has 4 nitrogen and oxygen atoms in total. The molecule has 0 aromatic heterocycles. The first-order valence-electron chi connectivity index (χ1n) is 7.03. The molecular formula is C15H21BrN2O2. The first kappa shape index (κ1) is 15.5. The molecule has 0 aliphatic carbocycles. The van der Waals surface area contributed by atoms with Gasteiger partial charge in [-0.2, -0.15) is 0 Å². The number of anilines is 1. The van der Waals surface area contributed by atoms with Crippen LogP contribution in [0.5, 0.6) is 0 Å². The summed E-state index contributed by atoms with van der Waals surface area (Å²) >= 11 is 3.43. The number of amides is 1. The van der Waals surface area contributed by atoms with Crippen molar-refractivity contribution < 1.29 is 9.53 Å². The van der Waals surface area contributed by atoms with E-state index >= 15 is 0 Å². The molecule has 1 amide bonds. The van der Waals surface area contributed by atoms with Gasteiger partial charge in [0.25, 0.3) is 0 Å². The fourth-order valence-electron chi connectivity index (χ4n) is 2.31. The number of halogens is 1. The summed E-state index contributed by atoms with van der Waals surface area (Å²) in [6.45, 7) is 4.51. The summed E-state index contributed by atoms with van der Waals surface area (Å²) in [7, 11) is 0. The van der Waals surface area contributed by atoms with Gasteiger partial charge in [-0.1, -0.05) is 15.9 Å². The highest BCUT2D eigenvalue weighted by Crippen LogP contribution is 2.19. The molecule has 1 heterocycles. The molecule has 0 unspecified atom stereocenters. The second kappa shape index (κ2) is 7.76. The lowest BCUT2D eigenvalue weighted by Crippen LogP contribution is -2.33. The quantitative estimate of drug-likeness (QED) is 0.866. The van der Waals surface area contributed by atoms with Crippen molar-refractivity contribution in [3.8, 4) is 0 Å². The summed E-state index contributed by atoms with van der Waals surface area (Å²) in [6.07, 6.45) is 2.77. The van der Waals surface area contributed by atoms with Gasteiger partial charge in [0.2, 0.25) is 5.91 Å². The van der Waals surface area contributed by atoms with Crippen LogP contribution in [0.2, 0.25) is 0 Å². The van der Waals surface area contributed by atoms with Crippen molar-refractivity contribution in [2.45, 2.75) is 32.3 Å². The van der Waals surface area contributed by atoms with Gasteiger partial charge in [0.15, 0.2) is 0 Å². The van der Waals surface area contributed by atoms with Crippen molar-refractivity contribution in [2.75, 3.05) is 25.0 Å². The Morgan fingerprint density at radius 1 is 1.40 bits per heavy atom. The lowest BCUT2D eigenvalue weighted by atomic mass is 10.1. The van der Waals surface area contributed by atoms with Gasteiger partial charge in [-0.15, -0.1) is 0 Å². The lowest BCUT2D eigenvalue weighted by molar-refractivity contribution is -0.117. The second-order valence-electron chi connectivity index (χ2n) is 5.14. The van der Waals surface area contributed by atoms with Crippen molar-refractivity contribution in [2.24, 2.45) is 0 Å². The van der Waals surface area contributed by atoms with Crippen molar-refractivity contribution in [1.29, 1.82) is 0 Å². The molecule has 1 fully saturated rings. The maximum atomic E-state index is 11.9. The van der Waals surface area contributed by atoms with E-state index in [1.54, 1.807) is 0 Å². The molecule has 0 bridgehead atoms. The van der Waals surface area contributed by atoms with Crippen LogP contribution in [0.3, 0.4) is 0 Å². The minimum atomic E-state index is -0.00330. The SMILES string of the molecule is Cc1cc(Br)cc(NC(=O)CCOC2CCNCC2)c1. The first-order valence-corrected chi connectivity index (χ1v) is 7.82. The maximum Gasteiger partial charge on any atom is 0.226 e. The zero-order valence-corrected chi connectivity index (χ0v) is 13.3. The largest absolute Gasteiger partial charge is 0.378 e. The maximum absolute atomic E-state index is 11.9. The summed E-state index contributed by atoms with van der Waals surface area (Å²) in [6, 6.07) is 5.87. The van der Waals surface area contributed by atoms with Crippen LogP contribution in [0.4, 0.5) is 5.69 Å². The van der Waals surface area contributed by atoms with E-state index in [0.717, 1.165) is 41.7 Å². The molecule has 0 radical (unpaired) electrons. The number of hydrogen-bond donors (Lipinski definition) is 2. The Bertz CT molecular complexity index is 439. The zero-order chi connectivity index (χ0) is 14.4. The molecule has 20 heavy (non-hydrogen) atoms. The number of nitrogens with one attached hydrogen (secondary N) is 2. The summed E-state index contributed by atoms with van der Waals surface area (Å²) in [5.41, 5.74) is 1.93. The number of hydrogen-bond acceptors (Lipinski definition) is 3. The van der Waals surface area contributed by atoms with E-state index < -0.39 is 0 Å². The van der Waals surface area contributed by atoms with Gasteiger partial charge in [0, 0.05) is 10.2 Å². The number of carbonyl (C=O) groups is 1. The third kappa shape index (κ3) is 5.23. The van der Waals surface area contributed by atoms with Gasteiger partial charge in [0.05, 0.1) is 19.1 Å². The van der Waals surface area contributed by atoms with Crippen LogP contribution in [0.15, 0.2) is 22.7 Å². The molecule has 2 N–H and O–H groups in total. The van der Waals surface area contributed by atoms with Crippen LogP contribution in [0, 0.1) is 6.92 Å². The number of piperidine rings is 1. The van der Waals surface area contributed by atoms with Crippen LogP contribution in [0.1, 0.15) is 24.8 Å². The minimum Gasteiger partial charge on any atom is -0.378 e. The smallest absolute Gasteiger partial charge is 0.226 e. The Balaban J connectivity index is 1.72. The number of rotatable bonds is 5. The van der Waals surface area contributed by atoms with Crippen molar-refractivity contribution in [3.05, 3.63) is 28.2 Å². The molecule has 1 aliphatic rings. The van der Waals surface area contributed by atoms with Crippen molar-refractivity contribution >= 4 is 27.5 Å². The normalized spacial score (nSPS) is 16.1. The molecular weight excluding hydrogens is 320 g/mol. The molecule has 5 heteroatoms. The van der Waals surface area contributed by atoms with Crippen molar-refractivity contribution in [3.63, 3.8) is 0 Å². The van der Waals surface area contributed by atoms with E-state index in [0.29, 0.717) is 19.1 Å². The molecule has 0 saturated carbocycles. The number of benzene rings is 1. The average molecular weight is 341 g/mol. The summed E-state index contributed by atoms with van der Waals surface area (Å²) in [5.74, 6) is -0.00330. The average Bonchev–Trinajstić information content (AvgIpc) is 2.38. The summed E-state index contributed by atoms with van der Waals surface area (Å²) in [4.78, 5) is 11.9. The third-order valence-corrected chi connectivity index (χ3v) is 3.75. The monoisotopic (exact) mass is 340 g/mol. The van der Waals surface area contributed by atoms with Gasteiger partial charge < -0.3 is 15.4 Å². The number of carbonyl (C=O) groups excluding carboxylic acids is 1. The Morgan fingerprint density at radius 3 is 2.85 bits per heavy atom. The van der Waals surface area contributed by atoms with Gasteiger partial charge in [-0.3, -0.25) is 4.79 Å². The standard InChI is InChI=1S/C15H21BrN2O2/c1-11-8-12(16)10-13(9-11)18-15(19)4-7-20-14-2-5-17-6-3-14/h8-10,14,17H,2-7H2,1H3,(H,18,19). The highest BCUT2D eigenvalue weighted by molar-refractivity contribution is 9.10. The van der Waals surface area contributed by atoms with Crippen LogP contribution >= 0.6 is 15.9 Å². The minimum absolute atomic E-state index is 0.00330. The molecule has 0 atom stereocenters. The lowest BCUT2D eigenvalue weighted by Gasteiger charge is -2.22. The molecule has 2 rings (SSSR count). The Kier molecular flexibility index (Phi) is 6.01. The van der Waals surface area contributed by atoms with Crippen LogP contribution in [-0.2, 0) is 9.53 Å². The van der Waals surface area contributed by atoms with Gasteiger partial charge in [0.1, 0.15) is 0 Å². The van der Waals surface area contributed by atoms with Crippen LogP contribution < -0.4 is 10.6 Å². The number of ether oxygens (including phenoxy) is 1. The molecule has 1 aromatic rings. The first-order chi connectivity index (χ1) is 9.63. The summed E-state index contributed by atoms with van der Waals surface area (Å²) < 4.78 is 6.70. The van der Waals surface area contributed by atoms with Gasteiger partial charge in [-0.25, -0.2) is 0 Å². The highest BCUT2D eigenvalue weighted by atomic mass is 79.9. The van der Waals surface area contributed by atoms with Crippen LogP contribution in [0.25, 0.3) is 0 Å². The van der Waals surface area contributed by atoms with E-state index in [4.69, 9.17) is 4.74 Å². The fraction of sp³-hybridized carbons (Fsp3) is 0.533. The van der Waals surface area contributed by atoms with E-state index in [9.17, 15) is 4.79 Å². The van der Waals surface area contributed by atoms with E-state index in [1.165, 1.54) is 0 Å². The molecule has 110 valence electrons. The Labute approximate surface area is 128 Å². The summed E-state index contributed by atoms with van der Waals surface area (Å²) in [5, 5.41) is 6.19. The molecule has 0 spiro atoms. The molecule has 1 aliphatic heterocycles.